The highest BCUT2D eigenvalue weighted by atomic mass is 35.5. The first-order valence-corrected chi connectivity index (χ1v) is 8.40. The lowest BCUT2D eigenvalue weighted by molar-refractivity contribution is -0.120. The van der Waals surface area contributed by atoms with E-state index in [1.165, 1.54) is 12.1 Å². The summed E-state index contributed by atoms with van der Waals surface area (Å²) in [6, 6.07) is 11.1. The first-order valence-electron chi connectivity index (χ1n) is 8.02. The maximum Gasteiger partial charge on any atom is 0.241 e. The number of hydrogen-bond acceptors (Lipinski definition) is 3. The quantitative estimate of drug-likeness (QED) is 0.803. The van der Waals surface area contributed by atoms with Gasteiger partial charge in [0.25, 0.3) is 0 Å². The summed E-state index contributed by atoms with van der Waals surface area (Å²) in [5.41, 5.74) is 1.30. The molecule has 2 aromatic rings. The fourth-order valence-electron chi connectivity index (χ4n) is 2.22. The SMILES string of the molecule is Cc1ccc(F)cc1NC(=O)C(C)N(C)CCOc1cccc(Cl)c1. The molecule has 0 aliphatic rings. The second kappa shape index (κ2) is 8.83. The molecule has 0 bridgehead atoms. The number of benzene rings is 2. The molecule has 2 aromatic carbocycles. The third kappa shape index (κ3) is 5.73. The molecule has 1 amide bonds. The summed E-state index contributed by atoms with van der Waals surface area (Å²) in [6.45, 7) is 4.60. The number of carbonyl (C=O) groups is 1. The van der Waals surface area contributed by atoms with Gasteiger partial charge in [0.1, 0.15) is 18.2 Å². The van der Waals surface area contributed by atoms with Crippen LogP contribution in [0.5, 0.6) is 5.75 Å². The van der Waals surface area contributed by atoms with Crippen molar-refractivity contribution in [1.82, 2.24) is 4.90 Å². The van der Waals surface area contributed by atoms with Crippen LogP contribution in [0.4, 0.5) is 10.1 Å². The summed E-state index contributed by atoms with van der Waals surface area (Å²) in [5, 5.41) is 3.38. The Hall–Kier alpha value is -2.11. The van der Waals surface area contributed by atoms with Crippen LogP contribution >= 0.6 is 11.6 Å². The molecule has 0 saturated heterocycles. The molecule has 2 rings (SSSR count). The number of likely N-dealkylation sites (N-methyl/N-ethyl adjacent to an activating group) is 1. The number of halogens is 2. The minimum atomic E-state index is -0.384. The number of anilines is 1. The molecule has 0 aliphatic heterocycles. The number of amides is 1. The van der Waals surface area contributed by atoms with Crippen LogP contribution in [0.1, 0.15) is 12.5 Å². The van der Waals surface area contributed by atoms with Gasteiger partial charge < -0.3 is 10.1 Å². The van der Waals surface area contributed by atoms with E-state index in [4.69, 9.17) is 16.3 Å². The van der Waals surface area contributed by atoms with Crippen LogP contribution in [-0.4, -0.2) is 37.0 Å². The first-order chi connectivity index (χ1) is 11.9. The summed E-state index contributed by atoms with van der Waals surface area (Å²) < 4.78 is 19.0. The zero-order valence-corrected chi connectivity index (χ0v) is 15.3. The zero-order valence-electron chi connectivity index (χ0n) is 14.6. The molecular formula is C19H22ClFN2O2. The third-order valence-corrected chi connectivity index (χ3v) is 4.24. The van der Waals surface area contributed by atoms with Crippen molar-refractivity contribution in [2.24, 2.45) is 0 Å². The summed E-state index contributed by atoms with van der Waals surface area (Å²) in [7, 11) is 1.84. The van der Waals surface area contributed by atoms with Crippen LogP contribution in [0.3, 0.4) is 0 Å². The highest BCUT2D eigenvalue weighted by Gasteiger charge is 2.18. The van der Waals surface area contributed by atoms with Gasteiger partial charge in [-0.1, -0.05) is 23.7 Å². The molecule has 4 nitrogen and oxygen atoms in total. The molecule has 0 aromatic heterocycles. The molecular weight excluding hydrogens is 343 g/mol. The van der Waals surface area contributed by atoms with Gasteiger partial charge in [-0.3, -0.25) is 9.69 Å². The molecule has 0 spiro atoms. The molecule has 0 fully saturated rings. The summed E-state index contributed by atoms with van der Waals surface area (Å²) >= 11 is 5.91. The Morgan fingerprint density at radius 1 is 1.32 bits per heavy atom. The highest BCUT2D eigenvalue weighted by molar-refractivity contribution is 6.30. The van der Waals surface area contributed by atoms with E-state index in [1.54, 1.807) is 25.1 Å². The number of hydrogen-bond donors (Lipinski definition) is 1. The average molecular weight is 365 g/mol. The van der Waals surface area contributed by atoms with Gasteiger partial charge in [-0.25, -0.2) is 4.39 Å². The highest BCUT2D eigenvalue weighted by Crippen LogP contribution is 2.18. The van der Waals surface area contributed by atoms with E-state index in [9.17, 15) is 9.18 Å². The van der Waals surface area contributed by atoms with Crippen molar-refractivity contribution in [2.45, 2.75) is 19.9 Å². The number of aryl methyl sites for hydroxylation is 1. The predicted octanol–water partition coefficient (Wildman–Crippen LogP) is 4.13. The van der Waals surface area contributed by atoms with Gasteiger partial charge in [-0.2, -0.15) is 0 Å². The van der Waals surface area contributed by atoms with E-state index in [1.807, 2.05) is 31.0 Å². The monoisotopic (exact) mass is 364 g/mol. The number of ether oxygens (including phenoxy) is 1. The lowest BCUT2D eigenvalue weighted by atomic mass is 10.2. The molecule has 0 saturated carbocycles. The van der Waals surface area contributed by atoms with Crippen LogP contribution in [0, 0.1) is 12.7 Å². The Labute approximate surface area is 152 Å². The van der Waals surface area contributed by atoms with Crippen molar-refractivity contribution >= 4 is 23.2 Å². The molecule has 1 N–H and O–H groups in total. The molecule has 25 heavy (non-hydrogen) atoms. The Balaban J connectivity index is 1.85. The molecule has 6 heteroatoms. The number of nitrogens with zero attached hydrogens (tertiary/aromatic N) is 1. The van der Waals surface area contributed by atoms with Crippen molar-refractivity contribution in [1.29, 1.82) is 0 Å². The van der Waals surface area contributed by atoms with Crippen molar-refractivity contribution in [3.63, 3.8) is 0 Å². The Bertz CT molecular complexity index is 739. The molecule has 1 unspecified atom stereocenters. The first kappa shape index (κ1) is 19.2. The zero-order chi connectivity index (χ0) is 18.4. The number of nitrogens with one attached hydrogen (secondary N) is 1. The second-order valence-corrected chi connectivity index (χ2v) is 6.35. The van der Waals surface area contributed by atoms with E-state index < -0.39 is 0 Å². The largest absolute Gasteiger partial charge is 0.492 e. The minimum absolute atomic E-state index is 0.195. The Morgan fingerprint density at radius 2 is 2.08 bits per heavy atom. The maximum atomic E-state index is 13.3. The van der Waals surface area contributed by atoms with Crippen LogP contribution in [0.2, 0.25) is 5.02 Å². The van der Waals surface area contributed by atoms with E-state index in [2.05, 4.69) is 5.32 Å². The maximum absolute atomic E-state index is 13.3. The van der Waals surface area contributed by atoms with Gasteiger partial charge in [0.15, 0.2) is 0 Å². The lowest BCUT2D eigenvalue weighted by Gasteiger charge is -2.24. The van der Waals surface area contributed by atoms with Gasteiger partial charge in [0, 0.05) is 17.3 Å². The van der Waals surface area contributed by atoms with Gasteiger partial charge in [-0.05, 0) is 56.8 Å². The topological polar surface area (TPSA) is 41.6 Å². The molecule has 134 valence electrons. The van der Waals surface area contributed by atoms with Crippen LogP contribution in [0.25, 0.3) is 0 Å². The van der Waals surface area contributed by atoms with E-state index in [0.717, 1.165) is 5.56 Å². The standard InChI is InChI=1S/C19H22ClFN2O2/c1-13-7-8-16(21)12-18(13)22-19(24)14(2)23(3)9-10-25-17-6-4-5-15(20)11-17/h4-8,11-12,14H,9-10H2,1-3H3,(H,22,24). The summed E-state index contributed by atoms with van der Waals surface area (Å²) in [4.78, 5) is 14.2. The Morgan fingerprint density at radius 3 is 2.80 bits per heavy atom. The van der Waals surface area contributed by atoms with E-state index >= 15 is 0 Å². The predicted molar refractivity (Wildman–Crippen MR) is 98.8 cm³/mol. The van der Waals surface area contributed by atoms with Crippen LogP contribution in [-0.2, 0) is 4.79 Å². The van der Waals surface area contributed by atoms with Gasteiger partial charge in [0.2, 0.25) is 5.91 Å². The lowest BCUT2D eigenvalue weighted by Crippen LogP contribution is -2.41. The fraction of sp³-hybridized carbons (Fsp3) is 0.316. The van der Waals surface area contributed by atoms with E-state index in [-0.39, 0.29) is 17.8 Å². The molecule has 0 heterocycles. The fourth-order valence-corrected chi connectivity index (χ4v) is 2.40. The normalized spacial score (nSPS) is 12.1. The number of rotatable bonds is 7. The van der Waals surface area contributed by atoms with Crippen LogP contribution < -0.4 is 10.1 Å². The van der Waals surface area contributed by atoms with Crippen LogP contribution in [0.15, 0.2) is 42.5 Å². The summed E-state index contributed by atoms with van der Waals surface area (Å²) in [6.07, 6.45) is 0. The molecule has 1 atom stereocenters. The average Bonchev–Trinajstić information content (AvgIpc) is 2.57. The smallest absolute Gasteiger partial charge is 0.241 e. The Kier molecular flexibility index (Phi) is 6.79. The molecule has 0 radical (unpaired) electrons. The van der Waals surface area contributed by atoms with Gasteiger partial charge in [-0.15, -0.1) is 0 Å². The third-order valence-electron chi connectivity index (χ3n) is 4.01. The van der Waals surface area contributed by atoms with E-state index in [0.29, 0.717) is 29.6 Å². The molecule has 0 aliphatic carbocycles. The minimum Gasteiger partial charge on any atom is -0.492 e. The second-order valence-electron chi connectivity index (χ2n) is 5.91. The summed E-state index contributed by atoms with van der Waals surface area (Å²) in [5.74, 6) is 0.115. The van der Waals surface area contributed by atoms with Crippen molar-refractivity contribution in [3.05, 3.63) is 58.9 Å². The van der Waals surface area contributed by atoms with Crippen molar-refractivity contribution in [2.75, 3.05) is 25.5 Å². The van der Waals surface area contributed by atoms with Crippen molar-refractivity contribution < 1.29 is 13.9 Å². The number of carbonyl (C=O) groups excluding carboxylic acids is 1. The van der Waals surface area contributed by atoms with Gasteiger partial charge in [0.05, 0.1) is 6.04 Å². The van der Waals surface area contributed by atoms with Gasteiger partial charge >= 0.3 is 0 Å². The van der Waals surface area contributed by atoms with Crippen molar-refractivity contribution in [3.8, 4) is 5.75 Å².